The molecule has 5 heteroatoms. The Labute approximate surface area is 116 Å². The van der Waals surface area contributed by atoms with Crippen molar-refractivity contribution in [2.75, 3.05) is 6.61 Å². The van der Waals surface area contributed by atoms with Crippen molar-refractivity contribution in [2.45, 2.75) is 19.8 Å². The first kappa shape index (κ1) is 13.6. The molecule has 2 rings (SSSR count). The number of aromatic nitrogens is 1. The summed E-state index contributed by atoms with van der Waals surface area (Å²) in [5, 5.41) is 0.689. The minimum absolute atomic E-state index is 0.269. The van der Waals surface area contributed by atoms with E-state index in [2.05, 4.69) is 4.98 Å². The molecule has 0 atom stereocenters. The fourth-order valence-corrected chi connectivity index (χ4v) is 1.74. The second-order valence-electron chi connectivity index (χ2n) is 4.08. The van der Waals surface area contributed by atoms with E-state index in [1.807, 2.05) is 24.3 Å². The summed E-state index contributed by atoms with van der Waals surface area (Å²) in [6.07, 6.45) is 2.95. The van der Waals surface area contributed by atoms with Crippen molar-refractivity contribution in [3.63, 3.8) is 0 Å². The molecule has 0 saturated heterocycles. The Bertz CT molecular complexity index is 548. The van der Waals surface area contributed by atoms with Crippen molar-refractivity contribution in [1.29, 1.82) is 0 Å². The first-order valence-corrected chi connectivity index (χ1v) is 6.36. The fraction of sp³-hybridized carbons (Fsp3) is 0.286. The average Bonchev–Trinajstić information content (AvgIpc) is 2.84. The number of ether oxygens (including phenoxy) is 1. The third kappa shape index (κ3) is 4.10. The van der Waals surface area contributed by atoms with Crippen LogP contribution in [0.2, 0.25) is 5.02 Å². The molecule has 0 radical (unpaired) electrons. The summed E-state index contributed by atoms with van der Waals surface area (Å²) >= 11 is 5.83. The molecule has 1 aromatic heterocycles. The van der Waals surface area contributed by atoms with Gasteiger partial charge in [-0.05, 0) is 18.6 Å². The zero-order valence-corrected chi connectivity index (χ0v) is 11.3. The van der Waals surface area contributed by atoms with Crippen LogP contribution in [0.1, 0.15) is 19.2 Å². The van der Waals surface area contributed by atoms with E-state index in [1.165, 1.54) is 6.92 Å². The van der Waals surface area contributed by atoms with E-state index < -0.39 is 0 Å². The number of carbonyl (C=O) groups is 1. The molecule has 1 heterocycles. The Hall–Kier alpha value is -1.81. The molecule has 0 aliphatic carbocycles. The summed E-state index contributed by atoms with van der Waals surface area (Å²) in [6.45, 7) is 1.78. The van der Waals surface area contributed by atoms with Crippen LogP contribution in [0.15, 0.2) is 34.9 Å². The third-order valence-corrected chi connectivity index (χ3v) is 2.78. The van der Waals surface area contributed by atoms with Crippen LogP contribution in [-0.4, -0.2) is 17.6 Å². The van der Waals surface area contributed by atoms with E-state index in [1.54, 1.807) is 6.26 Å². The molecule has 100 valence electrons. The number of halogens is 1. The van der Waals surface area contributed by atoms with E-state index in [4.69, 9.17) is 20.8 Å². The lowest BCUT2D eigenvalue weighted by molar-refractivity contribution is -0.141. The third-order valence-electron chi connectivity index (χ3n) is 2.53. The summed E-state index contributed by atoms with van der Waals surface area (Å²) in [7, 11) is 0. The van der Waals surface area contributed by atoms with Gasteiger partial charge < -0.3 is 9.15 Å². The van der Waals surface area contributed by atoms with Gasteiger partial charge in [-0.3, -0.25) is 4.79 Å². The van der Waals surface area contributed by atoms with Crippen LogP contribution in [-0.2, 0) is 16.0 Å². The number of benzene rings is 1. The summed E-state index contributed by atoms with van der Waals surface area (Å²) in [5.74, 6) is 0.367. The smallest absolute Gasteiger partial charge is 0.302 e. The van der Waals surface area contributed by atoms with Gasteiger partial charge in [-0.15, -0.1) is 0 Å². The lowest BCUT2D eigenvalue weighted by Gasteiger charge is -1.98. The van der Waals surface area contributed by atoms with Gasteiger partial charge in [-0.1, -0.05) is 23.7 Å². The maximum Gasteiger partial charge on any atom is 0.302 e. The maximum absolute atomic E-state index is 10.6. The summed E-state index contributed by atoms with van der Waals surface area (Å²) in [6, 6.07) is 7.41. The van der Waals surface area contributed by atoms with Gasteiger partial charge >= 0.3 is 5.97 Å². The van der Waals surface area contributed by atoms with E-state index >= 15 is 0 Å². The highest BCUT2D eigenvalue weighted by Crippen LogP contribution is 2.21. The molecule has 0 spiro atoms. The molecule has 0 aliphatic rings. The number of hydrogen-bond donors (Lipinski definition) is 0. The number of nitrogens with zero attached hydrogens (tertiary/aromatic N) is 1. The molecule has 0 unspecified atom stereocenters. The van der Waals surface area contributed by atoms with Gasteiger partial charge in [0.15, 0.2) is 5.89 Å². The molecule has 1 aromatic carbocycles. The molecule has 0 bridgehead atoms. The molecular formula is C14H14ClNO3. The highest BCUT2D eigenvalue weighted by atomic mass is 35.5. The highest BCUT2D eigenvalue weighted by molar-refractivity contribution is 6.30. The molecule has 2 aromatic rings. The monoisotopic (exact) mass is 279 g/mol. The molecule has 0 amide bonds. The van der Waals surface area contributed by atoms with Crippen molar-refractivity contribution in [3.8, 4) is 11.3 Å². The van der Waals surface area contributed by atoms with Gasteiger partial charge in [0.1, 0.15) is 12.0 Å². The number of rotatable bonds is 5. The van der Waals surface area contributed by atoms with Crippen LogP contribution >= 0.6 is 11.6 Å². The largest absolute Gasteiger partial charge is 0.466 e. The molecule has 4 nitrogen and oxygen atoms in total. The number of esters is 1. The second kappa shape index (κ2) is 6.38. The van der Waals surface area contributed by atoms with E-state index in [0.717, 1.165) is 11.3 Å². The molecule has 0 N–H and O–H groups in total. The molecular weight excluding hydrogens is 266 g/mol. The standard InChI is InChI=1S/C14H14ClNO3/c1-10(17)18-8-2-3-14-16-13(9-19-14)11-4-6-12(15)7-5-11/h4-7,9H,2-3,8H2,1H3. The van der Waals surface area contributed by atoms with Crippen LogP contribution in [0, 0.1) is 0 Å². The van der Waals surface area contributed by atoms with Crippen LogP contribution in [0.3, 0.4) is 0 Å². The van der Waals surface area contributed by atoms with E-state index in [9.17, 15) is 4.79 Å². The zero-order valence-electron chi connectivity index (χ0n) is 10.6. The minimum atomic E-state index is -0.269. The van der Waals surface area contributed by atoms with Crippen LogP contribution in [0.4, 0.5) is 0 Å². The SMILES string of the molecule is CC(=O)OCCCc1nc(-c2ccc(Cl)cc2)co1. The minimum Gasteiger partial charge on any atom is -0.466 e. The van der Waals surface area contributed by atoms with E-state index in [0.29, 0.717) is 30.4 Å². The predicted molar refractivity (Wildman–Crippen MR) is 71.9 cm³/mol. The Morgan fingerprint density at radius 2 is 2.11 bits per heavy atom. The second-order valence-corrected chi connectivity index (χ2v) is 4.51. The molecule has 0 saturated carbocycles. The van der Waals surface area contributed by atoms with Gasteiger partial charge in [0.2, 0.25) is 0 Å². The lowest BCUT2D eigenvalue weighted by atomic mass is 10.2. The number of oxazole rings is 1. The van der Waals surface area contributed by atoms with Gasteiger partial charge in [0, 0.05) is 23.9 Å². The fourth-order valence-electron chi connectivity index (χ4n) is 1.62. The Balaban J connectivity index is 1.91. The van der Waals surface area contributed by atoms with Gasteiger partial charge in [0.25, 0.3) is 0 Å². The van der Waals surface area contributed by atoms with Gasteiger partial charge in [-0.2, -0.15) is 0 Å². The molecule has 0 aliphatic heterocycles. The summed E-state index contributed by atoms with van der Waals surface area (Å²) in [4.78, 5) is 15.0. The number of carbonyl (C=O) groups excluding carboxylic acids is 1. The Kier molecular flexibility index (Phi) is 4.58. The van der Waals surface area contributed by atoms with Crippen molar-refractivity contribution in [2.24, 2.45) is 0 Å². The maximum atomic E-state index is 10.6. The normalized spacial score (nSPS) is 10.4. The Morgan fingerprint density at radius 3 is 2.79 bits per heavy atom. The topological polar surface area (TPSA) is 52.3 Å². The van der Waals surface area contributed by atoms with Crippen molar-refractivity contribution < 1.29 is 13.9 Å². The first-order valence-electron chi connectivity index (χ1n) is 5.99. The highest BCUT2D eigenvalue weighted by Gasteiger charge is 2.06. The van der Waals surface area contributed by atoms with Gasteiger partial charge in [0.05, 0.1) is 6.61 Å². The van der Waals surface area contributed by atoms with Crippen molar-refractivity contribution >= 4 is 17.6 Å². The summed E-state index contributed by atoms with van der Waals surface area (Å²) in [5.41, 5.74) is 1.73. The van der Waals surface area contributed by atoms with E-state index in [-0.39, 0.29) is 5.97 Å². The first-order chi connectivity index (χ1) is 9.15. The Morgan fingerprint density at radius 1 is 1.37 bits per heavy atom. The van der Waals surface area contributed by atoms with Gasteiger partial charge in [-0.25, -0.2) is 4.98 Å². The molecule has 0 fully saturated rings. The van der Waals surface area contributed by atoms with Crippen LogP contribution < -0.4 is 0 Å². The predicted octanol–water partition coefficient (Wildman–Crippen LogP) is 3.49. The van der Waals surface area contributed by atoms with Crippen molar-refractivity contribution in [3.05, 3.63) is 41.4 Å². The molecule has 19 heavy (non-hydrogen) atoms. The van der Waals surface area contributed by atoms with Crippen LogP contribution in [0.25, 0.3) is 11.3 Å². The van der Waals surface area contributed by atoms with Crippen molar-refractivity contribution in [1.82, 2.24) is 4.98 Å². The number of hydrogen-bond acceptors (Lipinski definition) is 4. The lowest BCUT2D eigenvalue weighted by Crippen LogP contribution is -2.01. The van der Waals surface area contributed by atoms with Crippen LogP contribution in [0.5, 0.6) is 0 Å². The quantitative estimate of drug-likeness (QED) is 0.621. The summed E-state index contributed by atoms with van der Waals surface area (Å²) < 4.78 is 10.2. The average molecular weight is 280 g/mol. The zero-order chi connectivity index (χ0) is 13.7. The number of aryl methyl sites for hydroxylation is 1.